The number of benzene rings is 2. The minimum atomic E-state index is 0.419. The summed E-state index contributed by atoms with van der Waals surface area (Å²) in [6.07, 6.45) is 8.95. The van der Waals surface area contributed by atoms with Gasteiger partial charge in [0, 0.05) is 55.4 Å². The second kappa shape index (κ2) is 9.80. The fourth-order valence-corrected chi connectivity index (χ4v) is 3.83. The maximum Gasteiger partial charge on any atom is 0.124 e. The van der Waals surface area contributed by atoms with Crippen molar-refractivity contribution in [1.82, 2.24) is 29.3 Å². The van der Waals surface area contributed by atoms with E-state index in [1.54, 1.807) is 43.8 Å². The molecule has 0 aliphatic heterocycles. The quantitative estimate of drug-likeness (QED) is 0.341. The summed E-state index contributed by atoms with van der Waals surface area (Å²) in [6.45, 7) is 0.419. The van der Waals surface area contributed by atoms with Crippen LogP contribution in [0.4, 0.5) is 11.4 Å². The van der Waals surface area contributed by atoms with Crippen molar-refractivity contribution in [2.45, 2.75) is 0 Å². The van der Waals surface area contributed by atoms with E-state index in [0.717, 1.165) is 39.4 Å². The molecule has 0 aliphatic carbocycles. The Kier molecular flexibility index (Phi) is 6.24. The van der Waals surface area contributed by atoms with E-state index in [1.807, 2.05) is 61.3 Å². The van der Waals surface area contributed by atoms with E-state index in [4.69, 9.17) is 14.5 Å². The molecule has 0 atom stereocenters. The summed E-state index contributed by atoms with van der Waals surface area (Å²) in [4.78, 5) is 15.7. The zero-order valence-corrected chi connectivity index (χ0v) is 20.5. The second-order valence-corrected chi connectivity index (χ2v) is 8.18. The molecule has 180 valence electrons. The van der Waals surface area contributed by atoms with E-state index in [0.29, 0.717) is 18.0 Å². The Balaban J connectivity index is 1.58. The lowest BCUT2D eigenvalue weighted by Gasteiger charge is -2.24. The highest BCUT2D eigenvalue weighted by Crippen LogP contribution is 2.34. The van der Waals surface area contributed by atoms with E-state index < -0.39 is 0 Å². The molecule has 0 unspecified atom stereocenters. The standard InChI is InChI=1S/C27H25N7O2/c1-32-18-28-15-21(32)6-5-9-34(22-10-23(35-3)13-24(11-22)36-4)20-7-8-25-26(12-20)31-27(16-29-25)19-14-30-33(2)17-19/h7-8,10-18H,9H2,1-4H3. The van der Waals surface area contributed by atoms with Crippen molar-refractivity contribution < 1.29 is 9.47 Å². The van der Waals surface area contributed by atoms with Gasteiger partial charge in [-0.15, -0.1) is 0 Å². The highest BCUT2D eigenvalue weighted by molar-refractivity contribution is 5.83. The van der Waals surface area contributed by atoms with Gasteiger partial charge in [-0.25, -0.2) is 9.97 Å². The molecule has 2 aromatic carbocycles. The third kappa shape index (κ3) is 4.70. The lowest BCUT2D eigenvalue weighted by Crippen LogP contribution is -2.17. The van der Waals surface area contributed by atoms with Crippen molar-refractivity contribution in [1.29, 1.82) is 0 Å². The smallest absolute Gasteiger partial charge is 0.124 e. The summed E-state index contributed by atoms with van der Waals surface area (Å²) in [5.41, 5.74) is 5.87. The molecule has 9 nitrogen and oxygen atoms in total. The molecule has 0 N–H and O–H groups in total. The molecule has 9 heteroatoms. The number of anilines is 2. The van der Waals surface area contributed by atoms with Crippen LogP contribution >= 0.6 is 0 Å². The van der Waals surface area contributed by atoms with Gasteiger partial charge in [-0.05, 0) is 24.1 Å². The third-order valence-corrected chi connectivity index (χ3v) is 5.76. The Labute approximate surface area is 209 Å². The number of hydrogen-bond donors (Lipinski definition) is 0. The zero-order valence-electron chi connectivity index (χ0n) is 20.5. The van der Waals surface area contributed by atoms with Crippen molar-refractivity contribution >= 4 is 22.4 Å². The van der Waals surface area contributed by atoms with Crippen LogP contribution in [0.5, 0.6) is 11.5 Å². The summed E-state index contributed by atoms with van der Waals surface area (Å²) in [5.74, 6) is 7.85. The molecular formula is C27H25N7O2. The van der Waals surface area contributed by atoms with Gasteiger partial charge in [-0.2, -0.15) is 5.10 Å². The first-order valence-electron chi connectivity index (χ1n) is 11.3. The molecule has 0 saturated carbocycles. The SMILES string of the molecule is COc1cc(OC)cc(N(CC#Cc2cncn2C)c2ccc3ncc(-c4cnn(C)c4)nc3c2)c1. The van der Waals surface area contributed by atoms with Crippen molar-refractivity contribution in [3.8, 4) is 34.6 Å². The summed E-state index contributed by atoms with van der Waals surface area (Å²) in [5, 5.41) is 4.25. The highest BCUT2D eigenvalue weighted by atomic mass is 16.5. The molecule has 0 radical (unpaired) electrons. The highest BCUT2D eigenvalue weighted by Gasteiger charge is 2.14. The average molecular weight is 480 g/mol. The minimum Gasteiger partial charge on any atom is -0.497 e. The molecule has 3 heterocycles. The molecule has 36 heavy (non-hydrogen) atoms. The van der Waals surface area contributed by atoms with Crippen LogP contribution in [0.2, 0.25) is 0 Å². The Morgan fingerprint density at radius 3 is 2.39 bits per heavy atom. The van der Waals surface area contributed by atoms with E-state index in [1.165, 1.54) is 0 Å². The average Bonchev–Trinajstić information content (AvgIpc) is 3.53. The molecule has 0 fully saturated rings. The van der Waals surface area contributed by atoms with Crippen LogP contribution in [0.25, 0.3) is 22.3 Å². The number of nitrogens with zero attached hydrogens (tertiary/aromatic N) is 7. The first kappa shape index (κ1) is 22.9. The molecule has 5 aromatic rings. The number of aryl methyl sites for hydroxylation is 2. The van der Waals surface area contributed by atoms with Crippen LogP contribution in [0, 0.1) is 11.8 Å². The Morgan fingerprint density at radius 1 is 0.917 bits per heavy atom. The minimum absolute atomic E-state index is 0.419. The van der Waals surface area contributed by atoms with Gasteiger partial charge in [0.25, 0.3) is 0 Å². The van der Waals surface area contributed by atoms with Crippen molar-refractivity contribution in [2.75, 3.05) is 25.7 Å². The van der Waals surface area contributed by atoms with Gasteiger partial charge in [-0.3, -0.25) is 9.67 Å². The fourth-order valence-electron chi connectivity index (χ4n) is 3.83. The van der Waals surface area contributed by atoms with Gasteiger partial charge in [0.15, 0.2) is 0 Å². The summed E-state index contributed by atoms with van der Waals surface area (Å²) < 4.78 is 14.7. The lowest BCUT2D eigenvalue weighted by atomic mass is 10.2. The second-order valence-electron chi connectivity index (χ2n) is 8.18. The Hall–Kier alpha value is -4.84. The molecule has 0 amide bonds. The fraction of sp³-hybridized carbons (Fsp3) is 0.185. The van der Waals surface area contributed by atoms with Crippen molar-refractivity contribution in [2.24, 2.45) is 14.1 Å². The van der Waals surface area contributed by atoms with Crippen molar-refractivity contribution in [3.05, 3.63) is 73.2 Å². The lowest BCUT2D eigenvalue weighted by molar-refractivity contribution is 0.394. The normalized spacial score (nSPS) is 10.7. The number of ether oxygens (including phenoxy) is 2. The van der Waals surface area contributed by atoms with Gasteiger partial charge < -0.3 is 18.9 Å². The Morgan fingerprint density at radius 2 is 1.72 bits per heavy atom. The van der Waals surface area contributed by atoms with Crippen LogP contribution in [0.15, 0.2) is 67.5 Å². The number of methoxy groups -OCH3 is 2. The number of imidazole rings is 1. The predicted molar refractivity (Wildman–Crippen MR) is 138 cm³/mol. The van der Waals surface area contributed by atoms with E-state index in [9.17, 15) is 0 Å². The van der Waals surface area contributed by atoms with Crippen LogP contribution in [-0.2, 0) is 14.1 Å². The summed E-state index contributed by atoms with van der Waals surface area (Å²) >= 11 is 0. The van der Waals surface area contributed by atoms with E-state index in [-0.39, 0.29) is 0 Å². The topological polar surface area (TPSA) is 83.1 Å². The monoisotopic (exact) mass is 479 g/mol. The largest absolute Gasteiger partial charge is 0.497 e. The van der Waals surface area contributed by atoms with E-state index in [2.05, 4.69) is 31.8 Å². The molecule has 5 rings (SSSR count). The van der Waals surface area contributed by atoms with Gasteiger partial charge in [0.2, 0.25) is 0 Å². The molecule has 0 saturated heterocycles. The van der Waals surface area contributed by atoms with E-state index >= 15 is 0 Å². The first-order valence-corrected chi connectivity index (χ1v) is 11.3. The third-order valence-electron chi connectivity index (χ3n) is 5.76. The summed E-state index contributed by atoms with van der Waals surface area (Å²) in [7, 11) is 7.07. The molecule has 0 bridgehead atoms. The Bertz CT molecular complexity index is 1570. The van der Waals surface area contributed by atoms with Gasteiger partial charge in [0.05, 0.1) is 62.4 Å². The zero-order chi connectivity index (χ0) is 25.1. The maximum atomic E-state index is 5.51. The van der Waals surface area contributed by atoms with Crippen molar-refractivity contribution in [3.63, 3.8) is 0 Å². The van der Waals surface area contributed by atoms with Crippen LogP contribution in [0.3, 0.4) is 0 Å². The molecule has 0 spiro atoms. The van der Waals surface area contributed by atoms with Crippen LogP contribution in [0.1, 0.15) is 5.69 Å². The number of rotatable bonds is 6. The summed E-state index contributed by atoms with van der Waals surface area (Å²) in [6, 6.07) is 11.7. The molecule has 0 aliphatic rings. The van der Waals surface area contributed by atoms with Gasteiger partial charge in [-0.1, -0.05) is 5.92 Å². The molecular weight excluding hydrogens is 454 g/mol. The molecule has 3 aromatic heterocycles. The maximum absolute atomic E-state index is 5.51. The first-order chi connectivity index (χ1) is 17.5. The number of aromatic nitrogens is 6. The van der Waals surface area contributed by atoms with Crippen LogP contribution < -0.4 is 14.4 Å². The van der Waals surface area contributed by atoms with Gasteiger partial charge in [0.1, 0.15) is 17.2 Å². The number of hydrogen-bond acceptors (Lipinski definition) is 7. The van der Waals surface area contributed by atoms with Crippen LogP contribution in [-0.4, -0.2) is 50.1 Å². The van der Waals surface area contributed by atoms with Gasteiger partial charge >= 0.3 is 0 Å². The number of fused-ring (bicyclic) bond motifs is 1. The predicted octanol–water partition coefficient (Wildman–Crippen LogP) is 3.97.